The van der Waals surface area contributed by atoms with Gasteiger partial charge >= 0.3 is 0 Å². The molecular weight excluding hydrogens is 316 g/mol. The second-order valence-electron chi connectivity index (χ2n) is 3.89. The Balaban J connectivity index is 2.86. The van der Waals surface area contributed by atoms with Crippen molar-refractivity contribution >= 4 is 31.9 Å². The molecule has 1 unspecified atom stereocenters. The van der Waals surface area contributed by atoms with Gasteiger partial charge in [0.25, 0.3) is 0 Å². The van der Waals surface area contributed by atoms with Crippen LogP contribution in [0.3, 0.4) is 0 Å². The molecule has 1 rings (SSSR count). The molecule has 0 heterocycles. The third-order valence-corrected chi connectivity index (χ3v) is 4.31. The predicted molar refractivity (Wildman–Crippen MR) is 74.7 cm³/mol. The summed E-state index contributed by atoms with van der Waals surface area (Å²) in [6.45, 7) is 4.56. The number of hydrogen-bond acceptors (Lipinski definition) is 0. The summed E-state index contributed by atoms with van der Waals surface area (Å²) in [6.07, 6.45) is 2.51. The van der Waals surface area contributed by atoms with E-state index < -0.39 is 0 Å². The van der Waals surface area contributed by atoms with Crippen LogP contribution in [0.5, 0.6) is 0 Å². The highest BCUT2D eigenvalue weighted by molar-refractivity contribution is 9.10. The van der Waals surface area contributed by atoms with Crippen LogP contribution in [-0.4, -0.2) is 5.33 Å². The van der Waals surface area contributed by atoms with Crippen LogP contribution in [0.4, 0.5) is 0 Å². The van der Waals surface area contributed by atoms with Gasteiger partial charge in [-0.25, -0.2) is 0 Å². The number of alkyl halides is 1. The summed E-state index contributed by atoms with van der Waals surface area (Å²) in [5, 5.41) is 1.06. The molecule has 1 aromatic rings. The van der Waals surface area contributed by atoms with Gasteiger partial charge in [-0.1, -0.05) is 70.7 Å². The number of hydrogen-bond donors (Lipinski definition) is 0. The van der Waals surface area contributed by atoms with Crippen molar-refractivity contribution in [2.75, 3.05) is 5.33 Å². The maximum atomic E-state index is 3.64. The lowest BCUT2D eigenvalue weighted by Gasteiger charge is -2.23. The van der Waals surface area contributed by atoms with E-state index in [2.05, 4.69) is 70.0 Å². The molecule has 1 aromatic carbocycles. The molecule has 0 N–H and O–H groups in total. The van der Waals surface area contributed by atoms with Crippen molar-refractivity contribution in [1.82, 2.24) is 0 Å². The van der Waals surface area contributed by atoms with Crippen LogP contribution in [-0.2, 0) is 0 Å². The lowest BCUT2D eigenvalue weighted by Crippen LogP contribution is -2.12. The van der Waals surface area contributed by atoms with Crippen molar-refractivity contribution in [3.63, 3.8) is 0 Å². The van der Waals surface area contributed by atoms with Crippen molar-refractivity contribution in [3.8, 4) is 0 Å². The van der Waals surface area contributed by atoms with Gasteiger partial charge in [0.1, 0.15) is 0 Å². The van der Waals surface area contributed by atoms with Crippen molar-refractivity contribution < 1.29 is 0 Å². The molecule has 0 bridgehead atoms. The first-order valence-electron chi connectivity index (χ1n) is 5.54. The third kappa shape index (κ3) is 3.60. The fourth-order valence-corrected chi connectivity index (χ4v) is 3.22. The zero-order chi connectivity index (χ0) is 11.3. The molecule has 1 atom stereocenters. The fraction of sp³-hybridized carbons (Fsp3) is 0.538. The first-order valence-corrected chi connectivity index (χ1v) is 7.45. The molecule has 0 radical (unpaired) electrons. The van der Waals surface area contributed by atoms with Gasteiger partial charge in [-0.2, -0.15) is 0 Å². The largest absolute Gasteiger partial charge is 0.0921 e. The third-order valence-electron chi connectivity index (χ3n) is 3.08. The fourth-order valence-electron chi connectivity index (χ4n) is 2.05. The second-order valence-corrected chi connectivity index (χ2v) is 5.45. The zero-order valence-corrected chi connectivity index (χ0v) is 12.5. The molecule has 84 valence electrons. The molecule has 0 saturated heterocycles. The number of rotatable bonds is 5. The van der Waals surface area contributed by atoms with Gasteiger partial charge in [0.15, 0.2) is 0 Å². The van der Waals surface area contributed by atoms with E-state index in [1.165, 1.54) is 18.4 Å². The van der Waals surface area contributed by atoms with Crippen molar-refractivity contribution in [1.29, 1.82) is 0 Å². The average Bonchev–Trinajstić information content (AvgIpc) is 2.27. The quantitative estimate of drug-likeness (QED) is 0.636. The monoisotopic (exact) mass is 332 g/mol. The van der Waals surface area contributed by atoms with Crippen molar-refractivity contribution in [3.05, 3.63) is 34.3 Å². The minimum atomic E-state index is 0.646. The van der Waals surface area contributed by atoms with Crippen LogP contribution >= 0.6 is 31.9 Å². The van der Waals surface area contributed by atoms with Crippen LogP contribution in [0.25, 0.3) is 0 Å². The van der Waals surface area contributed by atoms with Gasteiger partial charge in [0.2, 0.25) is 0 Å². The summed E-state index contributed by atoms with van der Waals surface area (Å²) in [4.78, 5) is 0. The predicted octanol–water partition coefficient (Wildman–Crippen LogP) is 5.36. The van der Waals surface area contributed by atoms with E-state index in [0.717, 1.165) is 15.7 Å². The highest BCUT2D eigenvalue weighted by Crippen LogP contribution is 2.31. The average molecular weight is 334 g/mol. The minimum Gasteiger partial charge on any atom is -0.0921 e. The van der Waals surface area contributed by atoms with Gasteiger partial charge in [0.05, 0.1) is 0 Å². The highest BCUT2D eigenvalue weighted by atomic mass is 79.9. The van der Waals surface area contributed by atoms with Crippen LogP contribution in [0.1, 0.15) is 38.2 Å². The van der Waals surface area contributed by atoms with Crippen molar-refractivity contribution in [2.24, 2.45) is 5.92 Å². The zero-order valence-electron chi connectivity index (χ0n) is 9.34. The van der Waals surface area contributed by atoms with Crippen LogP contribution < -0.4 is 0 Å². The Morgan fingerprint density at radius 1 is 1.07 bits per heavy atom. The maximum absolute atomic E-state index is 3.64. The van der Waals surface area contributed by atoms with E-state index in [9.17, 15) is 0 Å². The van der Waals surface area contributed by atoms with Gasteiger partial charge in [-0.05, 0) is 29.5 Å². The van der Waals surface area contributed by atoms with Gasteiger partial charge in [-0.15, -0.1) is 0 Å². The molecular formula is C13H18Br2. The Morgan fingerprint density at radius 3 is 2.00 bits per heavy atom. The molecule has 0 aliphatic heterocycles. The van der Waals surface area contributed by atoms with E-state index in [4.69, 9.17) is 0 Å². The Morgan fingerprint density at radius 2 is 1.60 bits per heavy atom. The Labute approximate surface area is 110 Å². The number of benzene rings is 1. The normalized spacial score (nSPS) is 13.1. The molecule has 0 aliphatic rings. The SMILES string of the molecule is CCC(CC)C(CBr)c1ccc(Br)cc1. The first kappa shape index (κ1) is 13.2. The Hall–Kier alpha value is 0.180. The first-order chi connectivity index (χ1) is 7.22. The highest BCUT2D eigenvalue weighted by Gasteiger charge is 2.18. The van der Waals surface area contributed by atoms with Crippen LogP contribution in [0, 0.1) is 5.92 Å². The summed E-state index contributed by atoms with van der Waals surface area (Å²) in [6, 6.07) is 8.73. The minimum absolute atomic E-state index is 0.646. The topological polar surface area (TPSA) is 0 Å². The summed E-state index contributed by atoms with van der Waals surface area (Å²) < 4.78 is 1.16. The summed E-state index contributed by atoms with van der Waals surface area (Å²) >= 11 is 7.12. The van der Waals surface area contributed by atoms with E-state index in [-0.39, 0.29) is 0 Å². The molecule has 0 fully saturated rings. The maximum Gasteiger partial charge on any atom is 0.0175 e. The standard InChI is InChI=1S/C13H18Br2/c1-3-10(4-2)13(9-14)11-5-7-12(15)8-6-11/h5-8,10,13H,3-4,9H2,1-2H3. The molecule has 0 spiro atoms. The van der Waals surface area contributed by atoms with Crippen LogP contribution in [0.2, 0.25) is 0 Å². The molecule has 15 heavy (non-hydrogen) atoms. The van der Waals surface area contributed by atoms with E-state index in [0.29, 0.717) is 5.92 Å². The molecule has 0 nitrogen and oxygen atoms in total. The van der Waals surface area contributed by atoms with Crippen LogP contribution in [0.15, 0.2) is 28.7 Å². The van der Waals surface area contributed by atoms with E-state index in [1.807, 2.05) is 0 Å². The molecule has 0 amide bonds. The lowest BCUT2D eigenvalue weighted by atomic mass is 9.84. The molecule has 0 saturated carbocycles. The van der Waals surface area contributed by atoms with Gasteiger partial charge < -0.3 is 0 Å². The van der Waals surface area contributed by atoms with Gasteiger partial charge in [-0.3, -0.25) is 0 Å². The Kier molecular flexibility index (Phi) is 5.91. The Bertz CT molecular complexity index is 275. The van der Waals surface area contributed by atoms with Crippen molar-refractivity contribution in [2.45, 2.75) is 32.6 Å². The smallest absolute Gasteiger partial charge is 0.0175 e. The number of halogens is 2. The molecule has 0 aromatic heterocycles. The summed E-state index contributed by atoms with van der Waals surface area (Å²) in [7, 11) is 0. The van der Waals surface area contributed by atoms with E-state index >= 15 is 0 Å². The molecule has 0 aliphatic carbocycles. The second kappa shape index (κ2) is 6.70. The van der Waals surface area contributed by atoms with Gasteiger partial charge in [0, 0.05) is 9.80 Å². The molecule has 2 heteroatoms. The summed E-state index contributed by atoms with van der Waals surface area (Å²) in [5.41, 5.74) is 1.45. The summed E-state index contributed by atoms with van der Waals surface area (Å²) in [5.74, 6) is 1.43. The lowest BCUT2D eigenvalue weighted by molar-refractivity contribution is 0.425. The van der Waals surface area contributed by atoms with E-state index in [1.54, 1.807) is 0 Å².